The van der Waals surface area contributed by atoms with Gasteiger partial charge in [0.2, 0.25) is 5.91 Å². The molecule has 0 unspecified atom stereocenters. The molecule has 0 saturated carbocycles. The van der Waals surface area contributed by atoms with Crippen LogP contribution in [0.5, 0.6) is 0 Å². The third-order valence-corrected chi connectivity index (χ3v) is 5.84. The van der Waals surface area contributed by atoms with Gasteiger partial charge in [-0.2, -0.15) is 0 Å². The number of imidazole rings is 1. The fourth-order valence-corrected chi connectivity index (χ4v) is 4.05. The van der Waals surface area contributed by atoms with E-state index in [0.29, 0.717) is 0 Å². The number of aromatic nitrogens is 4. The second-order valence-electron chi connectivity index (χ2n) is 7.56. The minimum absolute atomic E-state index is 0.0581. The van der Waals surface area contributed by atoms with Crippen molar-refractivity contribution >= 4 is 38.6 Å². The van der Waals surface area contributed by atoms with Crippen molar-refractivity contribution in [1.29, 1.82) is 0 Å². The number of amides is 1. The van der Waals surface area contributed by atoms with Crippen LogP contribution in [0.2, 0.25) is 0 Å². The molecule has 0 aliphatic rings. The Morgan fingerprint density at radius 2 is 2.04 bits per heavy atom. The number of hydrogen-bond donors (Lipinski definition) is 1. The van der Waals surface area contributed by atoms with Gasteiger partial charge in [-0.25, -0.2) is 20.0 Å². The lowest BCUT2D eigenvalue weighted by atomic mass is 9.83. The molecule has 28 heavy (non-hydrogen) atoms. The molecule has 0 spiro atoms. The van der Waals surface area contributed by atoms with Crippen molar-refractivity contribution in [2.45, 2.75) is 19.3 Å². The quantitative estimate of drug-likeness (QED) is 0.538. The molecule has 1 amide bonds. The standard InChI is InChI=1S/C20H22N6OS/c1-20(2,19(27)24-25(3)4)13-8-6-7-12(9-13)17-23-15-16-14(22-11-26(16)5)10-21-18(15)28-17/h6-11H,1-5H3,(H,24,27). The summed E-state index contributed by atoms with van der Waals surface area (Å²) in [4.78, 5) is 27.2. The number of hydrogen-bond acceptors (Lipinski definition) is 6. The lowest BCUT2D eigenvalue weighted by molar-refractivity contribution is -0.129. The van der Waals surface area contributed by atoms with E-state index in [1.54, 1.807) is 43.0 Å². The largest absolute Gasteiger partial charge is 0.332 e. The van der Waals surface area contributed by atoms with Crippen molar-refractivity contribution < 1.29 is 4.79 Å². The van der Waals surface area contributed by atoms with E-state index in [1.807, 2.05) is 49.7 Å². The van der Waals surface area contributed by atoms with Crippen molar-refractivity contribution in [2.75, 3.05) is 14.1 Å². The number of carbonyl (C=O) groups excluding carboxylic acids is 1. The highest BCUT2D eigenvalue weighted by atomic mass is 32.1. The van der Waals surface area contributed by atoms with Gasteiger partial charge < -0.3 is 4.57 Å². The SMILES string of the molecule is CN(C)NC(=O)C(C)(C)c1cccc(-c2nc3c(ncc4ncn(C)c43)s2)c1. The van der Waals surface area contributed by atoms with Crippen LogP contribution in [-0.2, 0) is 17.3 Å². The Morgan fingerprint density at radius 1 is 1.25 bits per heavy atom. The number of fused-ring (bicyclic) bond motifs is 3. The van der Waals surface area contributed by atoms with Crippen LogP contribution >= 0.6 is 11.3 Å². The topological polar surface area (TPSA) is 75.9 Å². The fraction of sp³-hybridized carbons (Fsp3) is 0.300. The lowest BCUT2D eigenvalue weighted by Crippen LogP contribution is -2.46. The van der Waals surface area contributed by atoms with Crippen LogP contribution in [0, 0.1) is 0 Å². The molecule has 4 rings (SSSR count). The molecule has 7 nitrogen and oxygen atoms in total. The third-order valence-electron chi connectivity index (χ3n) is 4.83. The Bertz CT molecular complexity index is 1190. The average Bonchev–Trinajstić information content (AvgIpc) is 3.24. The summed E-state index contributed by atoms with van der Waals surface area (Å²) in [5.41, 5.74) is 6.75. The molecule has 0 bridgehead atoms. The summed E-state index contributed by atoms with van der Waals surface area (Å²) < 4.78 is 1.97. The summed E-state index contributed by atoms with van der Waals surface area (Å²) in [5.74, 6) is -0.0581. The molecule has 0 radical (unpaired) electrons. The minimum Gasteiger partial charge on any atom is -0.332 e. The maximum Gasteiger partial charge on any atom is 0.244 e. The monoisotopic (exact) mass is 394 g/mol. The van der Waals surface area contributed by atoms with Crippen molar-refractivity contribution in [3.63, 3.8) is 0 Å². The number of nitrogens with one attached hydrogen (secondary N) is 1. The van der Waals surface area contributed by atoms with Gasteiger partial charge in [0.1, 0.15) is 20.9 Å². The van der Waals surface area contributed by atoms with Gasteiger partial charge in [-0.05, 0) is 25.5 Å². The van der Waals surface area contributed by atoms with Gasteiger partial charge in [-0.15, -0.1) is 0 Å². The van der Waals surface area contributed by atoms with E-state index in [4.69, 9.17) is 4.98 Å². The summed E-state index contributed by atoms with van der Waals surface area (Å²) in [5, 5.41) is 2.54. The molecular weight excluding hydrogens is 372 g/mol. The van der Waals surface area contributed by atoms with Crippen LogP contribution in [0.1, 0.15) is 19.4 Å². The molecule has 144 valence electrons. The Kier molecular flexibility index (Phi) is 4.40. The number of benzene rings is 1. The molecule has 0 fully saturated rings. The number of rotatable bonds is 4. The van der Waals surface area contributed by atoms with Crippen LogP contribution in [-0.4, -0.2) is 44.5 Å². The molecular formula is C20H22N6OS. The molecule has 4 aromatic rings. The van der Waals surface area contributed by atoms with Crippen molar-refractivity contribution in [1.82, 2.24) is 30.0 Å². The van der Waals surface area contributed by atoms with Crippen molar-refractivity contribution in [3.05, 3.63) is 42.4 Å². The Labute approximate surface area is 167 Å². The number of thiazole rings is 1. The first-order valence-electron chi connectivity index (χ1n) is 8.93. The Hall–Kier alpha value is -2.84. The van der Waals surface area contributed by atoms with Crippen molar-refractivity contribution in [3.8, 4) is 10.6 Å². The van der Waals surface area contributed by atoms with Gasteiger partial charge in [0.15, 0.2) is 0 Å². The van der Waals surface area contributed by atoms with Gasteiger partial charge in [-0.1, -0.05) is 29.5 Å². The zero-order valence-electron chi connectivity index (χ0n) is 16.5. The number of hydrazine groups is 1. The first kappa shape index (κ1) is 18.5. The number of nitrogens with zero attached hydrogens (tertiary/aromatic N) is 5. The molecule has 0 aliphatic carbocycles. The van der Waals surface area contributed by atoms with E-state index < -0.39 is 5.41 Å². The normalized spacial score (nSPS) is 12.2. The summed E-state index contributed by atoms with van der Waals surface area (Å²) in [6, 6.07) is 7.99. The van der Waals surface area contributed by atoms with E-state index in [1.165, 1.54) is 0 Å². The molecule has 0 atom stereocenters. The number of carbonyl (C=O) groups is 1. The minimum atomic E-state index is -0.676. The first-order valence-corrected chi connectivity index (χ1v) is 9.75. The van der Waals surface area contributed by atoms with Crippen LogP contribution in [0.4, 0.5) is 0 Å². The van der Waals surface area contributed by atoms with Crippen LogP contribution in [0.3, 0.4) is 0 Å². The fourth-order valence-electron chi connectivity index (χ4n) is 3.14. The van der Waals surface area contributed by atoms with Crippen molar-refractivity contribution in [2.24, 2.45) is 7.05 Å². The van der Waals surface area contributed by atoms with E-state index in [2.05, 4.69) is 15.4 Å². The Balaban J connectivity index is 1.78. The number of aryl methyl sites for hydroxylation is 1. The first-order chi connectivity index (χ1) is 13.3. The average molecular weight is 395 g/mol. The number of pyridine rings is 1. The van der Waals surface area contributed by atoms with Gasteiger partial charge in [-0.3, -0.25) is 10.2 Å². The second-order valence-corrected chi connectivity index (χ2v) is 8.54. The van der Waals surface area contributed by atoms with Gasteiger partial charge >= 0.3 is 0 Å². The molecule has 0 aliphatic heterocycles. The maximum absolute atomic E-state index is 12.6. The summed E-state index contributed by atoms with van der Waals surface area (Å²) in [6.07, 6.45) is 3.56. The van der Waals surface area contributed by atoms with Crippen LogP contribution < -0.4 is 5.43 Å². The van der Waals surface area contributed by atoms with E-state index in [0.717, 1.165) is 37.5 Å². The smallest absolute Gasteiger partial charge is 0.244 e. The van der Waals surface area contributed by atoms with Crippen LogP contribution in [0.25, 0.3) is 32.0 Å². The van der Waals surface area contributed by atoms with Gasteiger partial charge in [0.25, 0.3) is 0 Å². The van der Waals surface area contributed by atoms with E-state index >= 15 is 0 Å². The Morgan fingerprint density at radius 3 is 2.79 bits per heavy atom. The van der Waals surface area contributed by atoms with Gasteiger partial charge in [0, 0.05) is 26.7 Å². The highest BCUT2D eigenvalue weighted by molar-refractivity contribution is 7.21. The zero-order chi connectivity index (χ0) is 20.1. The molecule has 8 heteroatoms. The molecule has 3 heterocycles. The maximum atomic E-state index is 12.6. The van der Waals surface area contributed by atoms with Gasteiger partial charge in [0.05, 0.1) is 23.5 Å². The highest BCUT2D eigenvalue weighted by Gasteiger charge is 2.30. The van der Waals surface area contributed by atoms with E-state index in [9.17, 15) is 4.79 Å². The third kappa shape index (κ3) is 3.04. The summed E-state index contributed by atoms with van der Waals surface area (Å²) >= 11 is 1.54. The highest BCUT2D eigenvalue weighted by Crippen LogP contribution is 2.34. The zero-order valence-corrected chi connectivity index (χ0v) is 17.3. The predicted octanol–water partition coefficient (Wildman–Crippen LogP) is 3.12. The van der Waals surface area contributed by atoms with Crippen LogP contribution in [0.15, 0.2) is 36.8 Å². The molecule has 0 saturated heterocycles. The molecule has 1 N–H and O–H groups in total. The molecule has 1 aromatic carbocycles. The summed E-state index contributed by atoms with van der Waals surface area (Å²) in [7, 11) is 5.57. The van der Waals surface area contributed by atoms with E-state index in [-0.39, 0.29) is 5.91 Å². The molecule has 3 aromatic heterocycles. The predicted molar refractivity (Wildman–Crippen MR) is 112 cm³/mol. The second kappa shape index (κ2) is 6.65. The summed E-state index contributed by atoms with van der Waals surface area (Å²) in [6.45, 7) is 3.84. The lowest BCUT2D eigenvalue weighted by Gasteiger charge is -2.26.